The second-order valence-electron chi connectivity index (χ2n) is 6.97. The lowest BCUT2D eigenvalue weighted by Gasteiger charge is -2.43. The molecule has 0 amide bonds. The Hall–Kier alpha value is -0.900. The van der Waals surface area contributed by atoms with E-state index in [-0.39, 0.29) is 0 Å². The van der Waals surface area contributed by atoms with Crippen molar-refractivity contribution in [1.29, 1.82) is 0 Å². The third kappa shape index (κ3) is 1.78. The molecule has 4 nitrogen and oxygen atoms in total. The molecule has 0 aromatic carbocycles. The minimum Gasteiger partial charge on any atom is -0.311 e. The third-order valence-corrected chi connectivity index (χ3v) is 5.43. The van der Waals surface area contributed by atoms with Crippen LogP contribution in [-0.4, -0.2) is 27.6 Å². The van der Waals surface area contributed by atoms with Crippen LogP contribution in [0.2, 0.25) is 0 Å². The van der Waals surface area contributed by atoms with Crippen LogP contribution in [0.3, 0.4) is 0 Å². The lowest BCUT2D eigenvalue weighted by molar-refractivity contribution is 0.108. The Morgan fingerprint density at radius 2 is 2.22 bits per heavy atom. The molecular weight excluding hydrogens is 224 g/mol. The van der Waals surface area contributed by atoms with Crippen LogP contribution in [0, 0.1) is 16.7 Å². The number of nitrogens with zero attached hydrogens (tertiary/aromatic N) is 3. The van der Waals surface area contributed by atoms with Crippen LogP contribution in [0.25, 0.3) is 0 Å². The van der Waals surface area contributed by atoms with E-state index in [1.807, 2.05) is 10.9 Å². The highest BCUT2D eigenvalue weighted by molar-refractivity contribution is 5.11. The van der Waals surface area contributed by atoms with Gasteiger partial charge in [0.05, 0.1) is 12.7 Å². The van der Waals surface area contributed by atoms with E-state index in [1.165, 1.54) is 19.3 Å². The maximum absolute atomic E-state index is 4.01. The van der Waals surface area contributed by atoms with Gasteiger partial charge in [-0.05, 0) is 36.0 Å². The van der Waals surface area contributed by atoms with Crippen molar-refractivity contribution in [2.24, 2.45) is 16.7 Å². The number of rotatable bonds is 4. The van der Waals surface area contributed by atoms with Gasteiger partial charge in [-0.3, -0.25) is 4.68 Å². The quantitative estimate of drug-likeness (QED) is 0.887. The number of hydrogen-bond acceptors (Lipinski definition) is 3. The van der Waals surface area contributed by atoms with Crippen LogP contribution < -0.4 is 5.32 Å². The van der Waals surface area contributed by atoms with E-state index >= 15 is 0 Å². The summed E-state index contributed by atoms with van der Waals surface area (Å²) in [6, 6.07) is 0.646. The highest BCUT2D eigenvalue weighted by Gasteiger charge is 2.58. The molecule has 3 atom stereocenters. The summed E-state index contributed by atoms with van der Waals surface area (Å²) in [7, 11) is 0. The average Bonchev–Trinajstić information content (AvgIpc) is 2.96. The van der Waals surface area contributed by atoms with Crippen molar-refractivity contribution in [3.05, 3.63) is 12.4 Å². The molecule has 0 saturated heterocycles. The van der Waals surface area contributed by atoms with Crippen molar-refractivity contribution in [2.45, 2.75) is 52.6 Å². The Morgan fingerprint density at radius 1 is 1.39 bits per heavy atom. The predicted molar refractivity (Wildman–Crippen MR) is 71.0 cm³/mol. The zero-order chi connectivity index (χ0) is 12.8. The average molecular weight is 248 g/mol. The molecule has 2 bridgehead atoms. The molecule has 2 aliphatic rings. The van der Waals surface area contributed by atoms with E-state index in [2.05, 4.69) is 36.4 Å². The summed E-state index contributed by atoms with van der Waals surface area (Å²) in [6.45, 7) is 9.24. The largest absolute Gasteiger partial charge is 0.311 e. The van der Waals surface area contributed by atoms with Crippen LogP contribution in [0.5, 0.6) is 0 Å². The van der Waals surface area contributed by atoms with E-state index in [4.69, 9.17) is 0 Å². The number of nitrogens with one attached hydrogen (secondary N) is 1. The SMILES string of the molecule is CC12CCC(C1)C(C)(C)C2NCCn1ccnn1. The minimum atomic E-state index is 0.440. The minimum absolute atomic E-state index is 0.440. The van der Waals surface area contributed by atoms with Gasteiger partial charge in [0.15, 0.2) is 0 Å². The fourth-order valence-electron chi connectivity index (χ4n) is 4.49. The molecule has 0 spiro atoms. The smallest absolute Gasteiger partial charge is 0.0692 e. The van der Waals surface area contributed by atoms with Gasteiger partial charge in [0.25, 0.3) is 0 Å². The highest BCUT2D eigenvalue weighted by atomic mass is 15.4. The number of fused-ring (bicyclic) bond motifs is 2. The number of aromatic nitrogens is 3. The molecule has 18 heavy (non-hydrogen) atoms. The molecule has 0 radical (unpaired) electrons. The Morgan fingerprint density at radius 3 is 2.83 bits per heavy atom. The zero-order valence-electron chi connectivity index (χ0n) is 11.7. The summed E-state index contributed by atoms with van der Waals surface area (Å²) < 4.78 is 1.90. The Bertz CT molecular complexity index is 407. The number of hydrogen-bond donors (Lipinski definition) is 1. The third-order valence-electron chi connectivity index (χ3n) is 5.43. The van der Waals surface area contributed by atoms with Crippen molar-refractivity contribution < 1.29 is 0 Å². The van der Waals surface area contributed by atoms with Gasteiger partial charge in [-0.1, -0.05) is 26.0 Å². The van der Waals surface area contributed by atoms with E-state index in [1.54, 1.807) is 6.20 Å². The maximum Gasteiger partial charge on any atom is 0.0692 e. The normalized spacial score (nSPS) is 37.3. The topological polar surface area (TPSA) is 42.7 Å². The molecular formula is C14H24N4. The fourth-order valence-corrected chi connectivity index (χ4v) is 4.49. The monoisotopic (exact) mass is 248 g/mol. The summed E-state index contributed by atoms with van der Waals surface area (Å²) in [5, 5.41) is 11.6. The van der Waals surface area contributed by atoms with Crippen LogP contribution in [0.15, 0.2) is 12.4 Å². The Balaban J connectivity index is 1.62. The molecule has 2 saturated carbocycles. The molecule has 2 aliphatic carbocycles. The predicted octanol–water partition coefficient (Wildman–Crippen LogP) is 2.08. The molecule has 100 valence electrons. The van der Waals surface area contributed by atoms with Crippen molar-refractivity contribution in [3.8, 4) is 0 Å². The zero-order valence-corrected chi connectivity index (χ0v) is 11.7. The lowest BCUT2D eigenvalue weighted by atomic mass is 9.68. The van der Waals surface area contributed by atoms with Crippen LogP contribution in [-0.2, 0) is 6.54 Å². The molecule has 1 aromatic heterocycles. The fraction of sp³-hybridized carbons (Fsp3) is 0.857. The Kier molecular flexibility index (Phi) is 2.73. The molecule has 3 rings (SSSR count). The molecule has 2 fully saturated rings. The van der Waals surface area contributed by atoms with Gasteiger partial charge in [-0.2, -0.15) is 0 Å². The second-order valence-corrected chi connectivity index (χ2v) is 6.97. The highest BCUT2D eigenvalue weighted by Crippen LogP contribution is 2.62. The van der Waals surface area contributed by atoms with E-state index in [9.17, 15) is 0 Å². The van der Waals surface area contributed by atoms with Crippen molar-refractivity contribution in [3.63, 3.8) is 0 Å². The summed E-state index contributed by atoms with van der Waals surface area (Å²) >= 11 is 0. The first-order valence-corrected chi connectivity index (χ1v) is 7.10. The van der Waals surface area contributed by atoms with Crippen LogP contribution >= 0.6 is 0 Å². The Labute approximate surface area is 109 Å². The molecule has 4 heteroatoms. The van der Waals surface area contributed by atoms with Gasteiger partial charge >= 0.3 is 0 Å². The van der Waals surface area contributed by atoms with Gasteiger partial charge in [-0.25, -0.2) is 0 Å². The summed E-state index contributed by atoms with van der Waals surface area (Å²) in [5.41, 5.74) is 0.950. The van der Waals surface area contributed by atoms with E-state index in [0.29, 0.717) is 16.9 Å². The first-order chi connectivity index (χ1) is 8.52. The van der Waals surface area contributed by atoms with Gasteiger partial charge in [0, 0.05) is 18.8 Å². The standard InChI is InChI=1S/C14H24N4/c1-13(2)11-4-5-14(3,10-11)12(13)15-6-8-18-9-7-16-17-18/h7,9,11-12,15H,4-6,8,10H2,1-3H3. The molecule has 1 aromatic rings. The van der Waals surface area contributed by atoms with Crippen LogP contribution in [0.4, 0.5) is 0 Å². The summed E-state index contributed by atoms with van der Waals surface area (Å²) in [5.74, 6) is 0.909. The van der Waals surface area contributed by atoms with Crippen molar-refractivity contribution in [2.75, 3.05) is 6.54 Å². The summed E-state index contributed by atoms with van der Waals surface area (Å²) in [6.07, 6.45) is 7.88. The molecule has 0 aliphatic heterocycles. The molecule has 1 heterocycles. The second kappa shape index (κ2) is 4.05. The molecule has 3 unspecified atom stereocenters. The summed E-state index contributed by atoms with van der Waals surface area (Å²) in [4.78, 5) is 0. The first-order valence-electron chi connectivity index (χ1n) is 7.10. The van der Waals surface area contributed by atoms with Gasteiger partial charge < -0.3 is 5.32 Å². The van der Waals surface area contributed by atoms with Crippen LogP contribution in [0.1, 0.15) is 40.0 Å². The molecule has 1 N–H and O–H groups in total. The maximum atomic E-state index is 4.01. The lowest BCUT2D eigenvalue weighted by Crippen LogP contribution is -2.51. The van der Waals surface area contributed by atoms with Gasteiger partial charge in [0.1, 0.15) is 0 Å². The van der Waals surface area contributed by atoms with Gasteiger partial charge in [-0.15, -0.1) is 5.10 Å². The van der Waals surface area contributed by atoms with Crippen molar-refractivity contribution in [1.82, 2.24) is 20.3 Å². The first kappa shape index (κ1) is 12.2. The van der Waals surface area contributed by atoms with Gasteiger partial charge in [0.2, 0.25) is 0 Å². The van der Waals surface area contributed by atoms with E-state index < -0.39 is 0 Å². The van der Waals surface area contributed by atoms with Crippen molar-refractivity contribution >= 4 is 0 Å². The van der Waals surface area contributed by atoms with E-state index in [0.717, 1.165) is 19.0 Å².